The van der Waals surface area contributed by atoms with Crippen molar-refractivity contribution >= 4 is 11.4 Å². The molecule has 5 nitrogen and oxygen atoms in total. The second-order valence-electron chi connectivity index (χ2n) is 6.45. The summed E-state index contributed by atoms with van der Waals surface area (Å²) in [5.74, 6) is 0.355. The van der Waals surface area contributed by atoms with Crippen LogP contribution in [0.1, 0.15) is 25.3 Å². The second kappa shape index (κ2) is 6.96. The smallest absolute Gasteiger partial charge is 0.366 e. The van der Waals surface area contributed by atoms with E-state index in [0.29, 0.717) is 12.0 Å². The van der Waals surface area contributed by atoms with Crippen LogP contribution in [0.15, 0.2) is 18.2 Å². The fourth-order valence-corrected chi connectivity index (χ4v) is 3.19. The van der Waals surface area contributed by atoms with Crippen molar-refractivity contribution in [3.63, 3.8) is 0 Å². The molecule has 0 spiro atoms. The lowest BCUT2D eigenvalue weighted by atomic mass is 9.89. The Morgan fingerprint density at radius 3 is 2.42 bits per heavy atom. The molecule has 0 amide bonds. The van der Waals surface area contributed by atoms with Gasteiger partial charge in [-0.3, -0.25) is 10.1 Å². The summed E-state index contributed by atoms with van der Waals surface area (Å²) in [6, 6.07) is 2.73. The molecule has 24 heavy (non-hydrogen) atoms. The quantitative estimate of drug-likeness (QED) is 0.615. The van der Waals surface area contributed by atoms with E-state index in [4.69, 9.17) is 0 Å². The minimum atomic E-state index is -4.60. The number of anilines is 1. The summed E-state index contributed by atoms with van der Waals surface area (Å²) in [5.41, 5.74) is -1.29. The third-order valence-corrected chi connectivity index (χ3v) is 4.94. The van der Waals surface area contributed by atoms with E-state index in [0.717, 1.165) is 32.0 Å². The van der Waals surface area contributed by atoms with Gasteiger partial charge >= 0.3 is 6.18 Å². The number of halogens is 3. The highest BCUT2D eigenvalue weighted by Crippen LogP contribution is 2.37. The normalized spacial score (nSPS) is 18.4. The zero-order chi connectivity index (χ0) is 18.1. The van der Waals surface area contributed by atoms with Gasteiger partial charge in [0.2, 0.25) is 0 Å². The van der Waals surface area contributed by atoms with Crippen LogP contribution in [-0.4, -0.2) is 43.0 Å². The number of alkyl halides is 3. The fraction of sp³-hybridized carbons (Fsp3) is 0.625. The molecule has 0 aliphatic carbocycles. The Labute approximate surface area is 139 Å². The third kappa shape index (κ3) is 3.98. The van der Waals surface area contributed by atoms with Crippen molar-refractivity contribution in [3.8, 4) is 0 Å². The third-order valence-electron chi connectivity index (χ3n) is 4.94. The van der Waals surface area contributed by atoms with Gasteiger partial charge in [-0.25, -0.2) is 0 Å². The van der Waals surface area contributed by atoms with Crippen LogP contribution in [0, 0.1) is 16.0 Å². The van der Waals surface area contributed by atoms with E-state index in [1.807, 2.05) is 14.0 Å². The molecule has 8 heteroatoms. The van der Waals surface area contributed by atoms with Crippen molar-refractivity contribution in [2.24, 2.45) is 5.92 Å². The van der Waals surface area contributed by atoms with Gasteiger partial charge in [0.1, 0.15) is 5.69 Å². The average molecular weight is 345 g/mol. The molecule has 0 unspecified atom stereocenters. The average Bonchev–Trinajstić information content (AvgIpc) is 2.52. The maximum absolute atomic E-state index is 12.8. The van der Waals surface area contributed by atoms with Gasteiger partial charge in [0.25, 0.3) is 5.69 Å². The molecule has 134 valence electrons. The second-order valence-corrected chi connectivity index (χ2v) is 6.45. The van der Waals surface area contributed by atoms with E-state index >= 15 is 0 Å². The molecule has 0 N–H and O–H groups in total. The number of nitrogens with zero attached hydrogens (tertiary/aromatic N) is 3. The molecule has 2 rings (SSSR count). The van der Waals surface area contributed by atoms with Gasteiger partial charge in [-0.1, -0.05) is 0 Å². The van der Waals surface area contributed by atoms with Crippen LogP contribution in [0.2, 0.25) is 0 Å². The molecular weight excluding hydrogens is 323 g/mol. The highest BCUT2D eigenvalue weighted by Gasteiger charge is 2.34. The van der Waals surface area contributed by atoms with Crippen molar-refractivity contribution in [3.05, 3.63) is 33.9 Å². The number of hydrogen-bond donors (Lipinski definition) is 0. The molecule has 1 saturated heterocycles. The van der Waals surface area contributed by atoms with Crippen LogP contribution in [0.3, 0.4) is 0 Å². The minimum Gasteiger partial charge on any atom is -0.366 e. The lowest BCUT2D eigenvalue weighted by Crippen LogP contribution is -2.42. The fourth-order valence-electron chi connectivity index (χ4n) is 3.19. The van der Waals surface area contributed by atoms with Crippen LogP contribution < -0.4 is 4.90 Å². The van der Waals surface area contributed by atoms with E-state index in [9.17, 15) is 23.3 Å². The molecule has 1 fully saturated rings. The topological polar surface area (TPSA) is 49.6 Å². The van der Waals surface area contributed by atoms with Crippen LogP contribution in [0.25, 0.3) is 0 Å². The number of nitro benzene ring substituents is 1. The van der Waals surface area contributed by atoms with E-state index in [1.165, 1.54) is 6.07 Å². The van der Waals surface area contributed by atoms with Crippen LogP contribution in [0.4, 0.5) is 24.5 Å². The Kier molecular flexibility index (Phi) is 5.37. The molecule has 0 radical (unpaired) electrons. The highest BCUT2D eigenvalue weighted by molar-refractivity contribution is 5.64. The van der Waals surface area contributed by atoms with Crippen LogP contribution in [-0.2, 0) is 6.18 Å². The summed E-state index contributed by atoms with van der Waals surface area (Å²) >= 11 is 0. The Morgan fingerprint density at radius 1 is 1.33 bits per heavy atom. The lowest BCUT2D eigenvalue weighted by molar-refractivity contribution is -0.384. The van der Waals surface area contributed by atoms with Crippen molar-refractivity contribution in [2.75, 3.05) is 32.1 Å². The van der Waals surface area contributed by atoms with Crippen molar-refractivity contribution in [1.29, 1.82) is 0 Å². The van der Waals surface area contributed by atoms with Gasteiger partial charge in [0, 0.05) is 19.2 Å². The summed E-state index contributed by atoms with van der Waals surface area (Å²) in [6.45, 7) is 3.88. The first-order valence-electron chi connectivity index (χ1n) is 7.88. The summed E-state index contributed by atoms with van der Waals surface area (Å²) in [4.78, 5) is 14.5. The standard InChI is InChI=1S/C16H22F3N3O2/c1-11(12-6-8-20(2)9-7-12)21(3)14-5-4-13(16(17,18)19)10-15(14)22(23)24/h4-5,10-12H,6-9H2,1-3H3/t11-/m0/s1. The molecule has 1 aromatic rings. The van der Waals surface area contributed by atoms with Gasteiger partial charge in [0.05, 0.1) is 10.5 Å². The molecule has 1 aliphatic heterocycles. The minimum absolute atomic E-state index is 0.00846. The Morgan fingerprint density at radius 2 is 1.92 bits per heavy atom. The first-order valence-corrected chi connectivity index (χ1v) is 7.88. The molecule has 0 aromatic heterocycles. The van der Waals surface area contributed by atoms with Gasteiger partial charge in [-0.15, -0.1) is 0 Å². The van der Waals surface area contributed by atoms with Gasteiger partial charge < -0.3 is 9.80 Å². The van der Waals surface area contributed by atoms with Crippen LogP contribution >= 0.6 is 0 Å². The number of likely N-dealkylation sites (tertiary alicyclic amines) is 1. The summed E-state index contributed by atoms with van der Waals surface area (Å²) in [5, 5.41) is 11.3. The Bertz CT molecular complexity index is 599. The van der Waals surface area contributed by atoms with E-state index in [1.54, 1.807) is 11.9 Å². The number of piperidine rings is 1. The van der Waals surface area contributed by atoms with Crippen molar-refractivity contribution < 1.29 is 18.1 Å². The summed E-state index contributed by atoms with van der Waals surface area (Å²) < 4.78 is 38.4. The molecule has 1 heterocycles. The maximum Gasteiger partial charge on any atom is 0.416 e. The van der Waals surface area contributed by atoms with E-state index in [2.05, 4.69) is 4.90 Å². The first kappa shape index (κ1) is 18.5. The molecular formula is C16H22F3N3O2. The first-order chi connectivity index (χ1) is 11.1. The van der Waals surface area contributed by atoms with E-state index < -0.39 is 22.4 Å². The predicted octanol–water partition coefficient (Wildman–Crippen LogP) is 3.78. The monoisotopic (exact) mass is 345 g/mol. The van der Waals surface area contributed by atoms with E-state index in [-0.39, 0.29) is 11.7 Å². The van der Waals surface area contributed by atoms with Crippen molar-refractivity contribution in [2.45, 2.75) is 32.0 Å². The van der Waals surface area contributed by atoms with Gasteiger partial charge in [0.15, 0.2) is 0 Å². The number of rotatable bonds is 4. The maximum atomic E-state index is 12.8. The largest absolute Gasteiger partial charge is 0.416 e. The van der Waals surface area contributed by atoms with Gasteiger partial charge in [-0.05, 0) is 58.0 Å². The molecule has 0 bridgehead atoms. The van der Waals surface area contributed by atoms with Crippen LogP contribution in [0.5, 0.6) is 0 Å². The number of benzene rings is 1. The van der Waals surface area contributed by atoms with Gasteiger partial charge in [-0.2, -0.15) is 13.2 Å². The highest BCUT2D eigenvalue weighted by atomic mass is 19.4. The summed E-state index contributed by atoms with van der Waals surface area (Å²) in [6.07, 6.45) is -2.66. The SMILES string of the molecule is C[C@@H](C1CCN(C)CC1)N(C)c1ccc(C(F)(F)F)cc1[N+](=O)[O-]. The number of hydrogen-bond acceptors (Lipinski definition) is 4. The zero-order valence-corrected chi connectivity index (χ0v) is 14.0. The molecule has 1 atom stereocenters. The summed E-state index contributed by atoms with van der Waals surface area (Å²) in [7, 11) is 3.75. The van der Waals surface area contributed by atoms with Crippen molar-refractivity contribution in [1.82, 2.24) is 4.90 Å². The zero-order valence-electron chi connectivity index (χ0n) is 14.0. The molecule has 1 aromatic carbocycles. The lowest BCUT2D eigenvalue weighted by Gasteiger charge is -2.37. The Balaban J connectivity index is 2.28. The number of nitro groups is 1. The molecule has 1 aliphatic rings. The molecule has 0 saturated carbocycles. The Hall–Kier alpha value is -1.83. The predicted molar refractivity (Wildman–Crippen MR) is 86.2 cm³/mol.